The van der Waals surface area contributed by atoms with E-state index in [-0.39, 0.29) is 12.0 Å². The standard InChI is InChI=1S/C28H34FN3O2S/c1-31(2)26-19-30-25-9-8-21(34-3)18-23(25)27(26)24(29)10-11-28(20-33)12-15-32(16-13-28)14-4-6-22-7-5-17-35-22/h5,7-9,17-19,24,33H,10-16,20H2,1-3H3/t24-/m1/s1. The number of benzene rings is 1. The number of halogens is 1. The van der Waals surface area contributed by atoms with Gasteiger partial charge in [-0.1, -0.05) is 17.9 Å². The van der Waals surface area contributed by atoms with Gasteiger partial charge in [-0.2, -0.15) is 0 Å². The van der Waals surface area contributed by atoms with Gasteiger partial charge < -0.3 is 14.7 Å². The number of alkyl halides is 1. The molecule has 2 aromatic heterocycles. The van der Waals surface area contributed by atoms with Crippen LogP contribution in [0.1, 0.15) is 42.3 Å². The topological polar surface area (TPSA) is 48.8 Å². The van der Waals surface area contributed by atoms with Crippen molar-refractivity contribution in [3.63, 3.8) is 0 Å². The summed E-state index contributed by atoms with van der Waals surface area (Å²) in [6.45, 7) is 2.55. The fourth-order valence-electron chi connectivity index (χ4n) is 4.83. The maximum absolute atomic E-state index is 16.0. The molecular weight excluding hydrogens is 461 g/mol. The number of pyridine rings is 1. The molecular formula is C28H34FN3O2S. The molecule has 1 N–H and O–H groups in total. The molecule has 1 aliphatic rings. The monoisotopic (exact) mass is 495 g/mol. The number of thiophene rings is 1. The largest absolute Gasteiger partial charge is 0.497 e. The second-order valence-corrected chi connectivity index (χ2v) is 10.5. The highest BCUT2D eigenvalue weighted by atomic mass is 32.1. The highest BCUT2D eigenvalue weighted by Crippen LogP contribution is 2.42. The van der Waals surface area contributed by atoms with Crippen LogP contribution in [0.25, 0.3) is 10.9 Å². The molecule has 4 rings (SSSR count). The number of nitrogens with zero attached hydrogens (tertiary/aromatic N) is 3. The number of methoxy groups -OCH3 is 1. The molecule has 0 saturated carbocycles. The lowest BCUT2D eigenvalue weighted by atomic mass is 9.74. The number of aliphatic hydroxyl groups is 1. The van der Waals surface area contributed by atoms with Gasteiger partial charge in [0.15, 0.2) is 0 Å². The van der Waals surface area contributed by atoms with Gasteiger partial charge in [-0.25, -0.2) is 4.39 Å². The van der Waals surface area contributed by atoms with Gasteiger partial charge in [-0.15, -0.1) is 11.3 Å². The predicted molar refractivity (Wildman–Crippen MR) is 142 cm³/mol. The van der Waals surface area contributed by atoms with Crippen LogP contribution >= 0.6 is 11.3 Å². The minimum Gasteiger partial charge on any atom is -0.497 e. The van der Waals surface area contributed by atoms with E-state index in [1.807, 2.05) is 54.7 Å². The Morgan fingerprint density at radius 1 is 1.29 bits per heavy atom. The number of piperidine rings is 1. The second kappa shape index (κ2) is 11.4. The van der Waals surface area contributed by atoms with Crippen molar-refractivity contribution < 1.29 is 14.2 Å². The number of ether oxygens (including phenoxy) is 1. The van der Waals surface area contributed by atoms with Crippen LogP contribution in [0.4, 0.5) is 10.1 Å². The van der Waals surface area contributed by atoms with Crippen LogP contribution < -0.4 is 9.64 Å². The zero-order valence-electron chi connectivity index (χ0n) is 20.8. The summed E-state index contributed by atoms with van der Waals surface area (Å²) < 4.78 is 21.4. The van der Waals surface area contributed by atoms with Gasteiger partial charge >= 0.3 is 0 Å². The first-order chi connectivity index (χ1) is 16.9. The number of likely N-dealkylation sites (tertiary alicyclic amines) is 1. The van der Waals surface area contributed by atoms with Gasteiger partial charge in [-0.3, -0.25) is 9.88 Å². The van der Waals surface area contributed by atoms with Gasteiger partial charge in [0.25, 0.3) is 0 Å². The Labute approximate surface area is 211 Å². The third kappa shape index (κ3) is 5.95. The third-order valence-corrected chi connectivity index (χ3v) is 7.89. The molecule has 3 heterocycles. The molecule has 0 unspecified atom stereocenters. The second-order valence-electron chi connectivity index (χ2n) is 9.55. The summed E-state index contributed by atoms with van der Waals surface area (Å²) in [5, 5.41) is 13.1. The first kappa shape index (κ1) is 25.4. The van der Waals surface area contributed by atoms with E-state index in [1.165, 1.54) is 0 Å². The van der Waals surface area contributed by atoms with Crippen LogP contribution in [0.5, 0.6) is 5.75 Å². The molecule has 7 heteroatoms. The SMILES string of the molecule is COc1ccc2ncc(N(C)C)c([C@H](F)CCC3(CO)CCN(CC#Cc4cccs4)CC3)c2c1. The van der Waals surface area contributed by atoms with Crippen molar-refractivity contribution in [2.75, 3.05) is 52.3 Å². The Balaban J connectivity index is 1.44. The minimum absolute atomic E-state index is 0.0832. The molecule has 0 radical (unpaired) electrons. The highest BCUT2D eigenvalue weighted by Gasteiger charge is 2.35. The fourth-order valence-corrected chi connectivity index (χ4v) is 5.42. The lowest BCUT2D eigenvalue weighted by Gasteiger charge is -2.40. The van der Waals surface area contributed by atoms with Crippen LogP contribution in [0.3, 0.4) is 0 Å². The summed E-state index contributed by atoms with van der Waals surface area (Å²) in [7, 11) is 5.43. The van der Waals surface area contributed by atoms with Gasteiger partial charge in [0.2, 0.25) is 0 Å². The first-order valence-corrected chi connectivity index (χ1v) is 13.0. The average molecular weight is 496 g/mol. The molecule has 1 aliphatic heterocycles. The maximum atomic E-state index is 16.0. The molecule has 3 aromatic rings. The summed E-state index contributed by atoms with van der Waals surface area (Å²) in [4.78, 5) is 9.85. The van der Waals surface area contributed by atoms with Gasteiger partial charge in [0, 0.05) is 31.7 Å². The first-order valence-electron chi connectivity index (χ1n) is 12.1. The van der Waals surface area contributed by atoms with E-state index in [0.717, 1.165) is 53.9 Å². The van der Waals surface area contributed by atoms with E-state index < -0.39 is 6.17 Å². The number of fused-ring (bicyclic) bond motifs is 1. The van der Waals surface area contributed by atoms with Crippen molar-refractivity contribution >= 4 is 27.9 Å². The van der Waals surface area contributed by atoms with Gasteiger partial charge in [-0.05, 0) is 73.8 Å². The third-order valence-electron chi connectivity index (χ3n) is 7.11. The average Bonchev–Trinajstić information content (AvgIpc) is 3.40. The summed E-state index contributed by atoms with van der Waals surface area (Å²) in [6, 6.07) is 9.63. The summed E-state index contributed by atoms with van der Waals surface area (Å²) >= 11 is 1.65. The van der Waals surface area contributed by atoms with Crippen LogP contribution in [0, 0.1) is 17.3 Å². The number of aliphatic hydroxyl groups excluding tert-OH is 1. The molecule has 35 heavy (non-hydrogen) atoms. The molecule has 0 aliphatic carbocycles. The number of hydrogen-bond donors (Lipinski definition) is 1. The van der Waals surface area contributed by atoms with E-state index in [2.05, 4.69) is 21.7 Å². The Morgan fingerprint density at radius 2 is 2.09 bits per heavy atom. The van der Waals surface area contributed by atoms with E-state index in [1.54, 1.807) is 24.6 Å². The smallest absolute Gasteiger partial charge is 0.128 e. The van der Waals surface area contributed by atoms with Crippen molar-refractivity contribution in [2.45, 2.75) is 31.9 Å². The van der Waals surface area contributed by atoms with Crippen LogP contribution in [-0.2, 0) is 0 Å². The molecule has 0 spiro atoms. The predicted octanol–water partition coefficient (Wildman–Crippen LogP) is 5.29. The summed E-state index contributed by atoms with van der Waals surface area (Å²) in [6.07, 6.45) is 3.28. The number of rotatable bonds is 8. The zero-order chi connectivity index (χ0) is 24.8. The normalized spacial score (nSPS) is 16.5. The van der Waals surface area contributed by atoms with Crippen molar-refractivity contribution in [1.29, 1.82) is 0 Å². The Hall–Kier alpha value is -2.66. The van der Waals surface area contributed by atoms with E-state index in [9.17, 15) is 5.11 Å². The van der Waals surface area contributed by atoms with E-state index >= 15 is 4.39 Å². The Kier molecular flexibility index (Phi) is 8.27. The number of anilines is 1. The molecule has 1 aromatic carbocycles. The van der Waals surface area contributed by atoms with Crippen molar-refractivity contribution in [3.05, 3.63) is 52.3 Å². The Bertz CT molecular complexity index is 1180. The van der Waals surface area contributed by atoms with Crippen LogP contribution in [0.15, 0.2) is 41.9 Å². The number of hydrogen-bond acceptors (Lipinski definition) is 6. The van der Waals surface area contributed by atoms with Crippen molar-refractivity contribution in [3.8, 4) is 17.6 Å². The lowest BCUT2D eigenvalue weighted by molar-refractivity contribution is 0.0345. The maximum Gasteiger partial charge on any atom is 0.128 e. The molecule has 0 bridgehead atoms. The zero-order valence-corrected chi connectivity index (χ0v) is 21.6. The Morgan fingerprint density at radius 3 is 2.74 bits per heavy atom. The van der Waals surface area contributed by atoms with Crippen molar-refractivity contribution in [2.24, 2.45) is 5.41 Å². The van der Waals surface area contributed by atoms with Gasteiger partial charge in [0.1, 0.15) is 11.9 Å². The molecule has 5 nitrogen and oxygen atoms in total. The molecule has 1 atom stereocenters. The number of aromatic nitrogens is 1. The molecule has 1 saturated heterocycles. The molecule has 0 amide bonds. The minimum atomic E-state index is -1.16. The highest BCUT2D eigenvalue weighted by molar-refractivity contribution is 7.10. The van der Waals surface area contributed by atoms with E-state index in [4.69, 9.17) is 4.74 Å². The van der Waals surface area contributed by atoms with Crippen LogP contribution in [0.2, 0.25) is 0 Å². The van der Waals surface area contributed by atoms with E-state index in [0.29, 0.717) is 24.2 Å². The summed E-state index contributed by atoms with van der Waals surface area (Å²) in [5.74, 6) is 7.16. The lowest BCUT2D eigenvalue weighted by Crippen LogP contribution is -2.42. The quantitative estimate of drug-likeness (QED) is 0.431. The van der Waals surface area contributed by atoms with Crippen molar-refractivity contribution in [1.82, 2.24) is 9.88 Å². The van der Waals surface area contributed by atoms with Crippen LogP contribution in [-0.4, -0.2) is 62.4 Å². The fraction of sp³-hybridized carbons (Fsp3) is 0.464. The molecule has 186 valence electrons. The summed E-state index contributed by atoms with van der Waals surface area (Å²) in [5.41, 5.74) is 1.92. The molecule has 1 fully saturated rings. The van der Waals surface area contributed by atoms with Gasteiger partial charge in [0.05, 0.1) is 35.9 Å².